The van der Waals surface area contributed by atoms with Crippen LogP contribution in [0.4, 0.5) is 8.78 Å². The summed E-state index contributed by atoms with van der Waals surface area (Å²) in [4.78, 5) is 20.4. The molecule has 0 aliphatic heterocycles. The van der Waals surface area contributed by atoms with Gasteiger partial charge >= 0.3 is 0 Å². The molecule has 3 rings (SSSR count). The van der Waals surface area contributed by atoms with Gasteiger partial charge in [0.1, 0.15) is 17.3 Å². The van der Waals surface area contributed by atoms with Crippen molar-refractivity contribution in [3.63, 3.8) is 0 Å². The first-order chi connectivity index (χ1) is 11.4. The number of aromatic nitrogens is 2. The minimum Gasteiger partial charge on any atom is -0.393 e. The molecule has 0 radical (unpaired) electrons. The fraction of sp³-hybridized carbons (Fsp3) is 0.353. The van der Waals surface area contributed by atoms with E-state index in [9.17, 15) is 18.7 Å². The lowest BCUT2D eigenvalue weighted by Gasteiger charge is -2.38. The molecule has 1 amide bonds. The highest BCUT2D eigenvalue weighted by Crippen LogP contribution is 2.39. The molecule has 1 fully saturated rings. The molecule has 1 aromatic carbocycles. The van der Waals surface area contributed by atoms with Crippen LogP contribution in [0.1, 0.15) is 40.6 Å². The molecule has 24 heavy (non-hydrogen) atoms. The Labute approximate surface area is 137 Å². The zero-order valence-electron chi connectivity index (χ0n) is 13.0. The zero-order valence-corrected chi connectivity index (χ0v) is 13.0. The van der Waals surface area contributed by atoms with E-state index in [4.69, 9.17) is 0 Å². The molecule has 1 saturated carbocycles. The van der Waals surface area contributed by atoms with Crippen molar-refractivity contribution in [2.45, 2.75) is 31.9 Å². The first kappa shape index (κ1) is 16.4. The van der Waals surface area contributed by atoms with E-state index in [-0.39, 0.29) is 17.2 Å². The van der Waals surface area contributed by atoms with Crippen LogP contribution in [-0.2, 0) is 0 Å². The minimum atomic E-state index is -0.725. The summed E-state index contributed by atoms with van der Waals surface area (Å²) in [7, 11) is 0. The quantitative estimate of drug-likeness (QED) is 0.900. The Bertz CT molecular complexity index is 746. The third-order valence-corrected chi connectivity index (χ3v) is 4.22. The van der Waals surface area contributed by atoms with Crippen LogP contribution in [0.5, 0.6) is 0 Å². The number of amides is 1. The lowest BCUT2D eigenvalue weighted by atomic mass is 9.75. The van der Waals surface area contributed by atoms with Gasteiger partial charge in [-0.25, -0.2) is 13.8 Å². The third kappa shape index (κ3) is 3.41. The molecule has 2 N–H and O–H groups in total. The lowest BCUT2D eigenvalue weighted by molar-refractivity contribution is 0.0228. The molecule has 1 unspecified atom stereocenters. The summed E-state index contributed by atoms with van der Waals surface area (Å²) in [5.41, 5.74) is 0.990. The highest BCUT2D eigenvalue weighted by molar-refractivity contribution is 5.92. The van der Waals surface area contributed by atoms with E-state index in [1.807, 2.05) is 0 Å². The predicted octanol–water partition coefficient (Wildman–Crippen LogP) is 2.31. The molecule has 0 saturated heterocycles. The fourth-order valence-corrected chi connectivity index (χ4v) is 2.83. The number of carbonyl (C=O) groups excluding carboxylic acids is 1. The van der Waals surface area contributed by atoms with Crippen LogP contribution in [0.15, 0.2) is 30.6 Å². The number of nitrogens with one attached hydrogen (secondary N) is 1. The van der Waals surface area contributed by atoms with Crippen molar-refractivity contribution < 1.29 is 18.7 Å². The molecular formula is C17H17F2N3O2. The Hall–Kier alpha value is -2.41. The lowest BCUT2D eigenvalue weighted by Crippen LogP contribution is -2.42. The Balaban J connectivity index is 1.85. The topological polar surface area (TPSA) is 75.1 Å². The van der Waals surface area contributed by atoms with Crippen molar-refractivity contribution in [2.75, 3.05) is 0 Å². The van der Waals surface area contributed by atoms with E-state index in [1.54, 1.807) is 6.92 Å². The second-order valence-corrected chi connectivity index (χ2v) is 6.05. The highest BCUT2D eigenvalue weighted by atomic mass is 19.1. The van der Waals surface area contributed by atoms with Gasteiger partial charge in [-0.05, 0) is 31.7 Å². The predicted molar refractivity (Wildman–Crippen MR) is 82.1 cm³/mol. The maximum absolute atomic E-state index is 14.1. The van der Waals surface area contributed by atoms with Gasteiger partial charge in [-0.3, -0.25) is 9.78 Å². The number of hydrogen-bond donors (Lipinski definition) is 2. The maximum atomic E-state index is 14.1. The SMILES string of the molecule is Cc1cnc(C(=O)NC(c2ccc(F)cc2F)C2CC(O)C2)cn1. The normalized spacial score (nSPS) is 21.0. The van der Waals surface area contributed by atoms with Crippen molar-refractivity contribution >= 4 is 5.91 Å². The maximum Gasteiger partial charge on any atom is 0.271 e. The average Bonchev–Trinajstić information content (AvgIpc) is 2.51. The Morgan fingerprint density at radius 2 is 2.04 bits per heavy atom. The van der Waals surface area contributed by atoms with Crippen LogP contribution in [0.3, 0.4) is 0 Å². The second-order valence-electron chi connectivity index (χ2n) is 6.05. The molecule has 1 aliphatic rings. The molecule has 0 bridgehead atoms. The van der Waals surface area contributed by atoms with Gasteiger partial charge in [0.25, 0.3) is 5.91 Å². The van der Waals surface area contributed by atoms with Crippen LogP contribution in [0.2, 0.25) is 0 Å². The molecule has 1 heterocycles. The number of carbonyl (C=O) groups is 1. The number of benzene rings is 1. The molecule has 5 nitrogen and oxygen atoms in total. The van der Waals surface area contributed by atoms with Gasteiger partial charge in [-0.1, -0.05) is 6.07 Å². The number of rotatable bonds is 4. The molecule has 7 heteroatoms. The molecule has 1 aromatic heterocycles. The van der Waals surface area contributed by atoms with Crippen LogP contribution < -0.4 is 5.32 Å². The number of aliphatic hydroxyl groups excluding tert-OH is 1. The molecule has 2 aromatic rings. The van der Waals surface area contributed by atoms with E-state index < -0.39 is 29.7 Å². The second kappa shape index (κ2) is 6.60. The number of aliphatic hydroxyl groups is 1. The summed E-state index contributed by atoms with van der Waals surface area (Å²) in [5.74, 6) is -2.02. The Morgan fingerprint density at radius 3 is 2.62 bits per heavy atom. The Morgan fingerprint density at radius 1 is 1.29 bits per heavy atom. The van der Waals surface area contributed by atoms with E-state index in [0.29, 0.717) is 18.5 Å². The van der Waals surface area contributed by atoms with Crippen molar-refractivity contribution in [3.05, 3.63) is 59.2 Å². The summed E-state index contributed by atoms with van der Waals surface area (Å²) in [6.07, 6.45) is 3.24. The summed E-state index contributed by atoms with van der Waals surface area (Å²) >= 11 is 0. The zero-order chi connectivity index (χ0) is 17.3. The van der Waals surface area contributed by atoms with Crippen LogP contribution in [0.25, 0.3) is 0 Å². The number of halogens is 2. The first-order valence-electron chi connectivity index (χ1n) is 7.66. The number of aryl methyl sites for hydroxylation is 1. The van der Waals surface area contributed by atoms with Gasteiger partial charge in [0, 0.05) is 17.8 Å². The van der Waals surface area contributed by atoms with Gasteiger partial charge in [0.15, 0.2) is 0 Å². The van der Waals surface area contributed by atoms with E-state index in [1.165, 1.54) is 18.5 Å². The first-order valence-corrected chi connectivity index (χ1v) is 7.66. The van der Waals surface area contributed by atoms with Crippen LogP contribution >= 0.6 is 0 Å². The minimum absolute atomic E-state index is 0.119. The monoisotopic (exact) mass is 333 g/mol. The Kier molecular flexibility index (Phi) is 4.53. The smallest absolute Gasteiger partial charge is 0.271 e. The summed E-state index contributed by atoms with van der Waals surface area (Å²) in [6.45, 7) is 1.75. The standard InChI is InChI=1S/C17H17F2N3O2/c1-9-7-21-15(8-20-9)17(24)22-16(10-4-12(23)5-10)13-3-2-11(18)6-14(13)19/h2-3,6-8,10,12,16,23H,4-5H2,1H3,(H,22,24). The fourth-order valence-electron chi connectivity index (χ4n) is 2.83. The van der Waals surface area contributed by atoms with Gasteiger partial charge in [0.05, 0.1) is 24.0 Å². The van der Waals surface area contributed by atoms with Gasteiger partial charge in [-0.2, -0.15) is 0 Å². The van der Waals surface area contributed by atoms with Crippen LogP contribution in [-0.4, -0.2) is 27.1 Å². The summed E-state index contributed by atoms with van der Waals surface area (Å²) in [5, 5.41) is 12.3. The van der Waals surface area contributed by atoms with Crippen LogP contribution in [0, 0.1) is 24.5 Å². The molecule has 1 aliphatic carbocycles. The number of nitrogens with zero attached hydrogens (tertiary/aromatic N) is 2. The van der Waals surface area contributed by atoms with E-state index in [2.05, 4.69) is 15.3 Å². The van der Waals surface area contributed by atoms with Crippen molar-refractivity contribution in [2.24, 2.45) is 5.92 Å². The molecule has 126 valence electrons. The van der Waals surface area contributed by atoms with E-state index >= 15 is 0 Å². The van der Waals surface area contributed by atoms with Crippen molar-refractivity contribution in [1.82, 2.24) is 15.3 Å². The van der Waals surface area contributed by atoms with Gasteiger partial charge in [0.2, 0.25) is 0 Å². The summed E-state index contributed by atoms with van der Waals surface area (Å²) < 4.78 is 27.3. The largest absolute Gasteiger partial charge is 0.393 e. The molecular weight excluding hydrogens is 316 g/mol. The van der Waals surface area contributed by atoms with E-state index in [0.717, 1.165) is 12.1 Å². The van der Waals surface area contributed by atoms with Gasteiger partial charge < -0.3 is 10.4 Å². The average molecular weight is 333 g/mol. The molecule has 0 spiro atoms. The highest BCUT2D eigenvalue weighted by Gasteiger charge is 2.37. The molecule has 1 atom stereocenters. The van der Waals surface area contributed by atoms with Crippen molar-refractivity contribution in [1.29, 1.82) is 0 Å². The summed E-state index contributed by atoms with van der Waals surface area (Å²) in [6, 6.07) is 2.60. The third-order valence-electron chi connectivity index (χ3n) is 4.22. The number of hydrogen-bond acceptors (Lipinski definition) is 4. The van der Waals surface area contributed by atoms with Gasteiger partial charge in [-0.15, -0.1) is 0 Å². The van der Waals surface area contributed by atoms with Crippen molar-refractivity contribution in [3.8, 4) is 0 Å².